The maximum atomic E-state index is 5.14. The normalized spacial score (nSPS) is 11.4. The molecule has 0 aliphatic heterocycles. The molecule has 0 unspecified atom stereocenters. The molecular formula is C10H12N2O2. The number of hydrogen-bond acceptors (Lipinski definition) is 3. The molecule has 74 valence electrons. The smallest absolute Gasteiger partial charge is 0.198 e. The average molecular weight is 192 g/mol. The van der Waals surface area contributed by atoms with E-state index in [0.717, 1.165) is 16.6 Å². The lowest BCUT2D eigenvalue weighted by atomic mass is 10.3. The lowest BCUT2D eigenvalue weighted by Gasteiger charge is -2.10. The minimum absolute atomic E-state index is 0.345. The van der Waals surface area contributed by atoms with Crippen LogP contribution in [0.2, 0.25) is 0 Å². The predicted octanol–water partition coefficient (Wildman–Crippen LogP) is 1.85. The molecule has 4 nitrogen and oxygen atoms in total. The molecule has 0 atom stereocenters. The summed E-state index contributed by atoms with van der Waals surface area (Å²) in [4.78, 5) is 7.24. The molecule has 2 rings (SSSR count). The first-order chi connectivity index (χ1) is 6.85. The van der Waals surface area contributed by atoms with Crippen molar-refractivity contribution >= 4 is 10.9 Å². The molecule has 2 aromatic rings. The van der Waals surface area contributed by atoms with Gasteiger partial charge in [0.25, 0.3) is 0 Å². The summed E-state index contributed by atoms with van der Waals surface area (Å²) in [5, 5.41) is 1.06. The fourth-order valence-corrected chi connectivity index (χ4v) is 1.47. The van der Waals surface area contributed by atoms with Gasteiger partial charge in [0, 0.05) is 37.5 Å². The predicted molar refractivity (Wildman–Crippen MR) is 52.9 cm³/mol. The van der Waals surface area contributed by atoms with Crippen molar-refractivity contribution in [2.75, 3.05) is 14.2 Å². The number of methoxy groups -OCH3 is 2. The van der Waals surface area contributed by atoms with E-state index in [1.54, 1.807) is 26.6 Å². The van der Waals surface area contributed by atoms with Crippen LogP contribution in [0, 0.1) is 0 Å². The number of aromatic amines is 1. The molecule has 14 heavy (non-hydrogen) atoms. The summed E-state index contributed by atoms with van der Waals surface area (Å²) in [6.45, 7) is 0. The molecule has 0 radical (unpaired) electrons. The minimum Gasteiger partial charge on any atom is -0.354 e. The van der Waals surface area contributed by atoms with Crippen molar-refractivity contribution in [1.29, 1.82) is 0 Å². The molecule has 0 saturated carbocycles. The van der Waals surface area contributed by atoms with Crippen molar-refractivity contribution in [1.82, 2.24) is 9.97 Å². The molecule has 0 bridgehead atoms. The van der Waals surface area contributed by atoms with Crippen LogP contribution in [0.15, 0.2) is 24.5 Å². The Kier molecular flexibility index (Phi) is 2.47. The van der Waals surface area contributed by atoms with Crippen molar-refractivity contribution in [2.45, 2.75) is 6.29 Å². The third-order valence-corrected chi connectivity index (χ3v) is 2.12. The summed E-state index contributed by atoms with van der Waals surface area (Å²) in [7, 11) is 3.22. The second-order valence-electron chi connectivity index (χ2n) is 2.99. The highest BCUT2D eigenvalue weighted by Gasteiger charge is 2.11. The Labute approximate surface area is 81.9 Å². The summed E-state index contributed by atoms with van der Waals surface area (Å²) in [5.41, 5.74) is 1.94. The highest BCUT2D eigenvalue weighted by Crippen LogP contribution is 2.21. The molecule has 1 N–H and O–H groups in total. The summed E-state index contributed by atoms with van der Waals surface area (Å²) in [6, 6.07) is 3.89. The van der Waals surface area contributed by atoms with Gasteiger partial charge in [-0.3, -0.25) is 4.98 Å². The van der Waals surface area contributed by atoms with Gasteiger partial charge in [0.1, 0.15) is 0 Å². The van der Waals surface area contributed by atoms with Gasteiger partial charge in [-0.15, -0.1) is 0 Å². The standard InChI is InChI=1S/C10H12N2O2/c1-13-10(14-2)9-5-7-6-11-4-3-8(7)12-9/h3-6,10,12H,1-2H3. The molecule has 2 heterocycles. The van der Waals surface area contributed by atoms with Gasteiger partial charge in [-0.1, -0.05) is 0 Å². The molecule has 0 fully saturated rings. The van der Waals surface area contributed by atoms with Crippen LogP contribution in [0.5, 0.6) is 0 Å². The molecule has 0 spiro atoms. The fraction of sp³-hybridized carbons (Fsp3) is 0.300. The summed E-state index contributed by atoms with van der Waals surface area (Å²) in [5.74, 6) is 0. The SMILES string of the molecule is COC(OC)c1cc2cnccc2[nH]1. The first kappa shape index (κ1) is 9.18. The van der Waals surface area contributed by atoms with Crippen LogP contribution >= 0.6 is 0 Å². The van der Waals surface area contributed by atoms with Gasteiger partial charge in [-0.25, -0.2) is 0 Å². The molecule has 0 aliphatic rings. The lowest BCUT2D eigenvalue weighted by molar-refractivity contribution is -0.108. The Morgan fingerprint density at radius 3 is 2.79 bits per heavy atom. The first-order valence-electron chi connectivity index (χ1n) is 4.33. The number of fused-ring (bicyclic) bond motifs is 1. The van der Waals surface area contributed by atoms with Gasteiger partial charge in [0.05, 0.1) is 5.69 Å². The number of ether oxygens (including phenoxy) is 2. The molecule has 2 aromatic heterocycles. The number of hydrogen-bond donors (Lipinski definition) is 1. The topological polar surface area (TPSA) is 47.1 Å². The van der Waals surface area contributed by atoms with Gasteiger partial charge >= 0.3 is 0 Å². The van der Waals surface area contributed by atoms with Crippen LogP contribution in [0.1, 0.15) is 12.0 Å². The van der Waals surface area contributed by atoms with E-state index < -0.39 is 0 Å². The van der Waals surface area contributed by atoms with E-state index in [2.05, 4.69) is 9.97 Å². The van der Waals surface area contributed by atoms with Crippen molar-refractivity contribution in [3.05, 3.63) is 30.2 Å². The van der Waals surface area contributed by atoms with Gasteiger partial charge in [-0.2, -0.15) is 0 Å². The van der Waals surface area contributed by atoms with E-state index >= 15 is 0 Å². The maximum absolute atomic E-state index is 5.14. The second kappa shape index (κ2) is 3.77. The van der Waals surface area contributed by atoms with Crippen molar-refractivity contribution in [2.24, 2.45) is 0 Å². The van der Waals surface area contributed by atoms with Gasteiger partial charge in [-0.05, 0) is 12.1 Å². The van der Waals surface area contributed by atoms with Crippen LogP contribution in [0.3, 0.4) is 0 Å². The van der Waals surface area contributed by atoms with E-state index in [1.165, 1.54) is 0 Å². The van der Waals surface area contributed by atoms with Gasteiger partial charge < -0.3 is 14.5 Å². The number of aromatic nitrogens is 2. The Hall–Kier alpha value is -1.39. The number of pyridine rings is 1. The number of nitrogens with zero attached hydrogens (tertiary/aromatic N) is 1. The van der Waals surface area contributed by atoms with Crippen molar-refractivity contribution in [3.63, 3.8) is 0 Å². The fourth-order valence-electron chi connectivity index (χ4n) is 1.47. The molecular weight excluding hydrogens is 180 g/mol. The number of nitrogens with one attached hydrogen (secondary N) is 1. The Balaban J connectivity index is 2.43. The van der Waals surface area contributed by atoms with E-state index in [-0.39, 0.29) is 6.29 Å². The van der Waals surface area contributed by atoms with E-state index in [1.807, 2.05) is 12.1 Å². The van der Waals surface area contributed by atoms with Crippen LogP contribution in [-0.4, -0.2) is 24.2 Å². The monoisotopic (exact) mass is 192 g/mol. The largest absolute Gasteiger partial charge is 0.354 e. The zero-order valence-corrected chi connectivity index (χ0v) is 8.15. The molecule has 0 saturated heterocycles. The number of rotatable bonds is 3. The van der Waals surface area contributed by atoms with Crippen molar-refractivity contribution < 1.29 is 9.47 Å². The average Bonchev–Trinajstić information content (AvgIpc) is 2.63. The quantitative estimate of drug-likeness (QED) is 0.755. The third-order valence-electron chi connectivity index (χ3n) is 2.12. The van der Waals surface area contributed by atoms with Gasteiger partial charge in [0.2, 0.25) is 0 Å². The second-order valence-corrected chi connectivity index (χ2v) is 2.99. The Morgan fingerprint density at radius 1 is 1.36 bits per heavy atom. The van der Waals surface area contributed by atoms with Crippen LogP contribution < -0.4 is 0 Å². The highest BCUT2D eigenvalue weighted by atomic mass is 16.7. The maximum Gasteiger partial charge on any atom is 0.198 e. The third kappa shape index (κ3) is 1.49. The molecule has 0 amide bonds. The Bertz CT molecular complexity index is 388. The van der Waals surface area contributed by atoms with E-state index in [0.29, 0.717) is 0 Å². The van der Waals surface area contributed by atoms with E-state index in [4.69, 9.17) is 9.47 Å². The highest BCUT2D eigenvalue weighted by molar-refractivity contribution is 5.79. The Morgan fingerprint density at radius 2 is 2.14 bits per heavy atom. The summed E-state index contributed by atoms with van der Waals surface area (Å²) >= 11 is 0. The lowest BCUT2D eigenvalue weighted by Crippen LogP contribution is -2.03. The number of H-pyrrole nitrogens is 1. The van der Waals surface area contributed by atoms with Crippen molar-refractivity contribution in [3.8, 4) is 0 Å². The zero-order valence-electron chi connectivity index (χ0n) is 8.15. The molecule has 0 aliphatic carbocycles. The summed E-state index contributed by atoms with van der Waals surface area (Å²) < 4.78 is 10.3. The summed E-state index contributed by atoms with van der Waals surface area (Å²) in [6.07, 6.45) is 3.21. The van der Waals surface area contributed by atoms with Crippen LogP contribution in [0.4, 0.5) is 0 Å². The minimum atomic E-state index is -0.345. The van der Waals surface area contributed by atoms with Crippen LogP contribution in [0.25, 0.3) is 10.9 Å². The van der Waals surface area contributed by atoms with Crippen LogP contribution in [-0.2, 0) is 9.47 Å². The first-order valence-corrected chi connectivity index (χ1v) is 4.33. The van der Waals surface area contributed by atoms with E-state index in [9.17, 15) is 0 Å². The van der Waals surface area contributed by atoms with Gasteiger partial charge in [0.15, 0.2) is 6.29 Å². The molecule has 4 heteroatoms. The zero-order chi connectivity index (χ0) is 9.97. The molecule has 0 aromatic carbocycles.